The number of nitrogens with one attached hydrogen (secondary N) is 1. The third kappa shape index (κ3) is 5.77. The lowest BCUT2D eigenvalue weighted by Gasteiger charge is -2.21. The number of carbonyl (C=O) groups excluding carboxylic acids is 1. The summed E-state index contributed by atoms with van der Waals surface area (Å²) in [5, 5.41) is 2.68. The minimum absolute atomic E-state index is 0.0606. The molecule has 0 atom stereocenters. The van der Waals surface area contributed by atoms with Crippen LogP contribution in [0.5, 0.6) is 5.75 Å². The minimum Gasteiger partial charge on any atom is -0.494 e. The number of carbonyl (C=O) groups is 1. The van der Waals surface area contributed by atoms with Crippen molar-refractivity contribution in [1.82, 2.24) is 4.31 Å². The molecule has 0 saturated heterocycles. The van der Waals surface area contributed by atoms with Gasteiger partial charge < -0.3 is 10.1 Å². The molecule has 0 bridgehead atoms. The second-order valence-corrected chi connectivity index (χ2v) is 8.31. The average Bonchev–Trinajstić information content (AvgIpc) is 2.70. The molecule has 0 aliphatic carbocycles. The molecule has 2 aromatic carbocycles. The van der Waals surface area contributed by atoms with Gasteiger partial charge in [0.1, 0.15) is 16.5 Å². The first-order valence-corrected chi connectivity index (χ1v) is 11.1. The fourth-order valence-electron chi connectivity index (χ4n) is 2.77. The molecule has 0 aliphatic heterocycles. The van der Waals surface area contributed by atoms with Crippen LogP contribution in [0.3, 0.4) is 0 Å². The number of benzene rings is 2. The first-order chi connectivity index (χ1) is 13.8. The van der Waals surface area contributed by atoms with Gasteiger partial charge in [0.15, 0.2) is 0 Å². The summed E-state index contributed by atoms with van der Waals surface area (Å²) in [7, 11) is -4.03. The number of nitrogens with zero attached hydrogens (tertiary/aromatic N) is 1. The first kappa shape index (κ1) is 22.8. The monoisotopic (exact) mass is 422 g/mol. The third-order valence-corrected chi connectivity index (χ3v) is 6.34. The molecule has 0 saturated carbocycles. The highest BCUT2D eigenvalue weighted by Gasteiger charge is 2.27. The van der Waals surface area contributed by atoms with E-state index >= 15 is 0 Å². The average molecular weight is 423 g/mol. The first-order valence-electron chi connectivity index (χ1n) is 9.67. The fourth-order valence-corrected chi connectivity index (χ4v) is 4.35. The number of ether oxygens (including phenoxy) is 1. The second-order valence-electron chi connectivity index (χ2n) is 6.41. The maximum absolute atomic E-state index is 14.3. The van der Waals surface area contributed by atoms with Crippen molar-refractivity contribution in [3.8, 4) is 5.75 Å². The lowest BCUT2D eigenvalue weighted by Crippen LogP contribution is -2.32. The van der Waals surface area contributed by atoms with Gasteiger partial charge in [-0.25, -0.2) is 12.8 Å². The predicted molar refractivity (Wildman–Crippen MR) is 111 cm³/mol. The lowest BCUT2D eigenvalue weighted by molar-refractivity contribution is 0.102. The molecule has 158 valence electrons. The highest BCUT2D eigenvalue weighted by Crippen LogP contribution is 2.22. The van der Waals surface area contributed by atoms with Crippen molar-refractivity contribution >= 4 is 21.6 Å². The van der Waals surface area contributed by atoms with Crippen molar-refractivity contribution in [2.45, 2.75) is 38.5 Å². The van der Waals surface area contributed by atoms with Crippen molar-refractivity contribution in [2.24, 2.45) is 0 Å². The van der Waals surface area contributed by atoms with Crippen LogP contribution in [0.2, 0.25) is 0 Å². The van der Waals surface area contributed by atoms with Crippen LogP contribution in [-0.2, 0) is 10.0 Å². The molecule has 0 heterocycles. The van der Waals surface area contributed by atoms with E-state index in [9.17, 15) is 17.6 Å². The zero-order valence-electron chi connectivity index (χ0n) is 16.9. The van der Waals surface area contributed by atoms with Gasteiger partial charge in [0.2, 0.25) is 10.0 Å². The fraction of sp³-hybridized carbons (Fsp3) is 0.381. The minimum atomic E-state index is -4.03. The maximum Gasteiger partial charge on any atom is 0.255 e. The molecule has 0 radical (unpaired) electrons. The summed E-state index contributed by atoms with van der Waals surface area (Å²) in [6.45, 7) is 6.59. The van der Waals surface area contributed by atoms with Gasteiger partial charge in [-0.1, -0.05) is 20.3 Å². The highest BCUT2D eigenvalue weighted by molar-refractivity contribution is 7.89. The Labute approximate surface area is 171 Å². The Kier molecular flexibility index (Phi) is 8.16. The van der Waals surface area contributed by atoms with Crippen LogP contribution in [-0.4, -0.2) is 38.3 Å². The molecule has 6 nitrogen and oxygen atoms in total. The van der Waals surface area contributed by atoms with Crippen LogP contribution < -0.4 is 10.1 Å². The normalized spacial score (nSPS) is 11.5. The van der Waals surface area contributed by atoms with E-state index in [1.165, 1.54) is 10.4 Å². The maximum atomic E-state index is 14.3. The van der Waals surface area contributed by atoms with Gasteiger partial charge in [-0.3, -0.25) is 4.79 Å². The Morgan fingerprint density at radius 3 is 2.38 bits per heavy atom. The summed E-state index contributed by atoms with van der Waals surface area (Å²) in [4.78, 5) is 12.1. The molecule has 2 rings (SSSR count). The van der Waals surface area contributed by atoms with Crippen LogP contribution in [0.1, 0.15) is 44.0 Å². The van der Waals surface area contributed by atoms with Gasteiger partial charge in [-0.15, -0.1) is 0 Å². The number of anilines is 1. The molecular formula is C21H27FN2O4S. The molecule has 2 aromatic rings. The lowest BCUT2D eigenvalue weighted by atomic mass is 10.2. The van der Waals surface area contributed by atoms with Crippen molar-refractivity contribution in [2.75, 3.05) is 25.0 Å². The van der Waals surface area contributed by atoms with Crippen molar-refractivity contribution in [1.29, 1.82) is 0 Å². The number of unbranched alkanes of at least 4 members (excludes halogenated alkanes) is 1. The third-order valence-electron chi connectivity index (χ3n) is 4.35. The molecule has 0 fully saturated rings. The Bertz CT molecular complexity index is 930. The standard InChI is InChI=1S/C21H27FN2O4S/c1-4-7-14-24(5-2)29(26,27)20-15-16(8-13-19(20)22)21(25)23-17-9-11-18(12-10-17)28-6-3/h8-13,15H,4-7,14H2,1-3H3,(H,23,25). The Hall–Kier alpha value is -2.45. The molecule has 1 N–H and O–H groups in total. The summed E-state index contributed by atoms with van der Waals surface area (Å²) >= 11 is 0. The van der Waals surface area contributed by atoms with E-state index in [2.05, 4.69) is 5.32 Å². The van der Waals surface area contributed by atoms with Crippen molar-refractivity contribution in [3.63, 3.8) is 0 Å². The van der Waals surface area contributed by atoms with E-state index in [0.29, 0.717) is 31.0 Å². The molecule has 0 aromatic heterocycles. The van der Waals surface area contributed by atoms with Crippen LogP contribution in [0.4, 0.5) is 10.1 Å². The van der Waals surface area contributed by atoms with Crippen LogP contribution >= 0.6 is 0 Å². The van der Waals surface area contributed by atoms with Gasteiger partial charge in [0, 0.05) is 24.3 Å². The van der Waals surface area contributed by atoms with Gasteiger partial charge in [-0.2, -0.15) is 4.31 Å². The van der Waals surface area contributed by atoms with Gasteiger partial charge in [0.05, 0.1) is 6.61 Å². The molecule has 0 aliphatic rings. The quantitative estimate of drug-likeness (QED) is 0.620. The summed E-state index contributed by atoms with van der Waals surface area (Å²) in [6.07, 6.45) is 1.49. The van der Waals surface area contributed by atoms with E-state index in [4.69, 9.17) is 4.74 Å². The van der Waals surface area contributed by atoms with Gasteiger partial charge in [-0.05, 0) is 55.8 Å². The zero-order valence-corrected chi connectivity index (χ0v) is 17.8. The van der Waals surface area contributed by atoms with Crippen molar-refractivity contribution < 1.29 is 22.3 Å². The number of hydrogen-bond donors (Lipinski definition) is 1. The van der Waals surface area contributed by atoms with E-state index in [-0.39, 0.29) is 12.1 Å². The molecule has 0 unspecified atom stereocenters. The molecule has 8 heteroatoms. The zero-order chi connectivity index (χ0) is 21.4. The number of rotatable bonds is 10. The van der Waals surface area contributed by atoms with Gasteiger partial charge in [0.25, 0.3) is 5.91 Å². The summed E-state index contributed by atoms with van der Waals surface area (Å²) in [5.41, 5.74) is 0.579. The van der Waals surface area contributed by atoms with E-state index in [0.717, 1.165) is 18.6 Å². The van der Waals surface area contributed by atoms with E-state index < -0.39 is 26.6 Å². The molecule has 0 spiro atoms. The topological polar surface area (TPSA) is 75.7 Å². The van der Waals surface area contributed by atoms with Crippen LogP contribution in [0, 0.1) is 5.82 Å². The number of sulfonamides is 1. The molecule has 1 amide bonds. The highest BCUT2D eigenvalue weighted by atomic mass is 32.2. The van der Waals surface area contributed by atoms with Crippen LogP contribution in [0.25, 0.3) is 0 Å². The summed E-state index contributed by atoms with van der Waals surface area (Å²) in [6, 6.07) is 10.1. The predicted octanol–water partition coefficient (Wildman–Crippen LogP) is 4.29. The largest absolute Gasteiger partial charge is 0.494 e. The Morgan fingerprint density at radius 2 is 1.79 bits per heavy atom. The van der Waals surface area contributed by atoms with Crippen LogP contribution in [0.15, 0.2) is 47.4 Å². The molecule has 29 heavy (non-hydrogen) atoms. The SMILES string of the molecule is CCCCN(CC)S(=O)(=O)c1cc(C(=O)Nc2ccc(OCC)cc2)ccc1F. The molecular weight excluding hydrogens is 395 g/mol. The summed E-state index contributed by atoms with van der Waals surface area (Å²) < 4.78 is 46.6. The number of amides is 1. The number of halogens is 1. The van der Waals surface area contributed by atoms with Crippen molar-refractivity contribution in [3.05, 3.63) is 53.8 Å². The van der Waals surface area contributed by atoms with Gasteiger partial charge >= 0.3 is 0 Å². The van der Waals surface area contributed by atoms with E-state index in [1.807, 2.05) is 13.8 Å². The summed E-state index contributed by atoms with van der Waals surface area (Å²) in [5.74, 6) is -0.729. The van der Waals surface area contributed by atoms with E-state index in [1.54, 1.807) is 31.2 Å². The number of hydrogen-bond acceptors (Lipinski definition) is 4. The second kappa shape index (κ2) is 10.4. The smallest absolute Gasteiger partial charge is 0.255 e. The Morgan fingerprint density at radius 1 is 1.10 bits per heavy atom. The Balaban J connectivity index is 2.25.